The maximum atomic E-state index is 13.4. The topological polar surface area (TPSA) is 60.2 Å². The predicted octanol–water partition coefficient (Wildman–Crippen LogP) is 1.69. The van der Waals surface area contributed by atoms with Crippen LogP contribution < -0.4 is 5.73 Å². The lowest BCUT2D eigenvalue weighted by Crippen LogP contribution is -1.99. The molecule has 86 valence electrons. The molecule has 1 aromatic rings. The molecular weight excluding hydrogens is 229 g/mol. The maximum Gasteiger partial charge on any atom is 0.203 e. The Morgan fingerprint density at radius 2 is 2.06 bits per heavy atom. The van der Waals surface area contributed by atoms with Crippen LogP contribution in [0.5, 0.6) is 0 Å². The van der Waals surface area contributed by atoms with Gasteiger partial charge in [-0.25, -0.2) is 12.8 Å². The Morgan fingerprint density at radius 3 is 2.75 bits per heavy atom. The zero-order chi connectivity index (χ0) is 11.8. The van der Waals surface area contributed by atoms with Crippen molar-refractivity contribution in [3.8, 4) is 0 Å². The quantitative estimate of drug-likeness (QED) is 0.876. The molecule has 1 aliphatic heterocycles. The third-order valence-corrected chi connectivity index (χ3v) is 4.12. The zero-order valence-electron chi connectivity index (χ0n) is 8.61. The highest BCUT2D eigenvalue weighted by Gasteiger charge is 2.29. The monoisotopic (exact) mass is 241 g/mol. The van der Waals surface area contributed by atoms with Gasteiger partial charge < -0.3 is 5.73 Å². The molecule has 5 heteroatoms. The average molecular weight is 241 g/mol. The number of fused-ring (bicyclic) bond motifs is 1. The van der Waals surface area contributed by atoms with Gasteiger partial charge in [0.25, 0.3) is 0 Å². The van der Waals surface area contributed by atoms with Crippen molar-refractivity contribution in [1.82, 2.24) is 0 Å². The average Bonchev–Trinajstić information content (AvgIpc) is 2.49. The molecular formula is C11H12FNO2S. The van der Waals surface area contributed by atoms with Crippen molar-refractivity contribution >= 4 is 15.4 Å². The Morgan fingerprint density at radius 1 is 1.31 bits per heavy atom. The number of sulfone groups is 1. The number of allylic oxidation sites excluding steroid dienone is 1. The number of halogens is 1. The standard InChI is InChI=1S/C11H12FNO2S/c12-10-5-1-4-9-8(3-2-6-13)7-16(14,15)11(9)10/h1,4-5,7H,2-3,6,13H2. The van der Waals surface area contributed by atoms with Crippen molar-refractivity contribution in [2.75, 3.05) is 6.54 Å². The van der Waals surface area contributed by atoms with Gasteiger partial charge in [-0.05, 0) is 31.0 Å². The molecule has 0 radical (unpaired) electrons. The van der Waals surface area contributed by atoms with Gasteiger partial charge in [-0.2, -0.15) is 0 Å². The molecule has 1 aliphatic rings. The highest BCUT2D eigenvalue weighted by Crippen LogP contribution is 2.37. The summed E-state index contributed by atoms with van der Waals surface area (Å²) < 4.78 is 36.8. The van der Waals surface area contributed by atoms with E-state index in [0.29, 0.717) is 30.5 Å². The fraction of sp³-hybridized carbons (Fsp3) is 0.273. The van der Waals surface area contributed by atoms with Crippen molar-refractivity contribution in [3.63, 3.8) is 0 Å². The molecule has 0 aromatic heterocycles. The summed E-state index contributed by atoms with van der Waals surface area (Å²) in [6.45, 7) is 0.488. The normalized spacial score (nSPS) is 17.0. The molecule has 0 aliphatic carbocycles. The van der Waals surface area contributed by atoms with Gasteiger partial charge >= 0.3 is 0 Å². The Bertz CT molecular complexity index is 549. The Kier molecular flexibility index (Phi) is 2.82. The number of rotatable bonds is 3. The molecule has 2 N–H and O–H groups in total. The predicted molar refractivity (Wildman–Crippen MR) is 59.9 cm³/mol. The molecule has 0 amide bonds. The van der Waals surface area contributed by atoms with Crippen LogP contribution in [0.2, 0.25) is 0 Å². The minimum Gasteiger partial charge on any atom is -0.330 e. The fourth-order valence-electron chi connectivity index (χ4n) is 1.85. The lowest BCUT2D eigenvalue weighted by Gasteiger charge is -2.03. The van der Waals surface area contributed by atoms with E-state index in [2.05, 4.69) is 0 Å². The van der Waals surface area contributed by atoms with E-state index >= 15 is 0 Å². The van der Waals surface area contributed by atoms with Gasteiger partial charge in [-0.3, -0.25) is 0 Å². The van der Waals surface area contributed by atoms with E-state index in [4.69, 9.17) is 5.73 Å². The van der Waals surface area contributed by atoms with Gasteiger partial charge in [0.1, 0.15) is 10.7 Å². The molecule has 0 saturated heterocycles. The maximum absolute atomic E-state index is 13.4. The van der Waals surface area contributed by atoms with E-state index in [1.165, 1.54) is 6.07 Å². The smallest absolute Gasteiger partial charge is 0.203 e. The Balaban J connectivity index is 2.52. The first kappa shape index (κ1) is 11.3. The number of hydrogen-bond acceptors (Lipinski definition) is 3. The molecule has 1 heterocycles. The summed E-state index contributed by atoms with van der Waals surface area (Å²) >= 11 is 0. The van der Waals surface area contributed by atoms with Crippen LogP contribution in [0, 0.1) is 5.82 Å². The summed E-state index contributed by atoms with van der Waals surface area (Å²) in [7, 11) is -3.59. The van der Waals surface area contributed by atoms with Gasteiger partial charge in [-0.1, -0.05) is 12.1 Å². The first-order chi connectivity index (χ1) is 7.56. The van der Waals surface area contributed by atoms with Crippen molar-refractivity contribution in [2.45, 2.75) is 17.7 Å². The number of nitrogens with two attached hydrogens (primary N) is 1. The minimum absolute atomic E-state index is 0.193. The van der Waals surface area contributed by atoms with E-state index in [1.54, 1.807) is 6.07 Å². The van der Waals surface area contributed by atoms with Crippen LogP contribution in [-0.2, 0) is 9.84 Å². The first-order valence-electron chi connectivity index (χ1n) is 5.01. The van der Waals surface area contributed by atoms with Gasteiger partial charge in [0, 0.05) is 11.0 Å². The molecule has 0 saturated carbocycles. The SMILES string of the molecule is NCCCC1=CS(=O)(=O)c2c(F)cccc21. The molecule has 1 aromatic carbocycles. The molecule has 0 spiro atoms. The largest absolute Gasteiger partial charge is 0.330 e. The van der Waals surface area contributed by atoms with E-state index in [-0.39, 0.29) is 4.90 Å². The summed E-state index contributed by atoms with van der Waals surface area (Å²) in [6, 6.07) is 4.31. The molecule has 0 fully saturated rings. The lowest BCUT2D eigenvalue weighted by molar-refractivity contribution is 0.573. The van der Waals surface area contributed by atoms with Crippen LogP contribution in [-0.4, -0.2) is 15.0 Å². The second-order valence-electron chi connectivity index (χ2n) is 3.70. The molecule has 0 atom stereocenters. The number of benzene rings is 1. The van der Waals surface area contributed by atoms with Crippen LogP contribution in [0.1, 0.15) is 18.4 Å². The third kappa shape index (κ3) is 1.76. The fourth-order valence-corrected chi connectivity index (χ4v) is 3.43. The van der Waals surface area contributed by atoms with Crippen molar-refractivity contribution in [3.05, 3.63) is 35.0 Å². The molecule has 16 heavy (non-hydrogen) atoms. The Hall–Kier alpha value is -1.20. The van der Waals surface area contributed by atoms with E-state index in [0.717, 1.165) is 11.5 Å². The van der Waals surface area contributed by atoms with Gasteiger partial charge in [-0.15, -0.1) is 0 Å². The van der Waals surface area contributed by atoms with E-state index in [1.807, 2.05) is 0 Å². The van der Waals surface area contributed by atoms with Crippen LogP contribution in [0.4, 0.5) is 4.39 Å². The van der Waals surface area contributed by atoms with Gasteiger partial charge in [0.2, 0.25) is 9.84 Å². The van der Waals surface area contributed by atoms with Gasteiger partial charge in [0.15, 0.2) is 0 Å². The summed E-state index contributed by atoms with van der Waals surface area (Å²) in [5.41, 5.74) is 6.51. The van der Waals surface area contributed by atoms with Crippen LogP contribution >= 0.6 is 0 Å². The van der Waals surface area contributed by atoms with Gasteiger partial charge in [0.05, 0.1) is 0 Å². The summed E-state index contributed by atoms with van der Waals surface area (Å²) in [5.74, 6) is -0.684. The molecule has 2 rings (SSSR count). The summed E-state index contributed by atoms with van der Waals surface area (Å²) in [6.07, 6.45) is 1.25. The lowest BCUT2D eigenvalue weighted by atomic mass is 10.0. The summed E-state index contributed by atoms with van der Waals surface area (Å²) in [5, 5.41) is 1.15. The van der Waals surface area contributed by atoms with E-state index < -0.39 is 15.7 Å². The van der Waals surface area contributed by atoms with Crippen LogP contribution in [0.25, 0.3) is 5.57 Å². The minimum atomic E-state index is -3.59. The van der Waals surface area contributed by atoms with Crippen LogP contribution in [0.3, 0.4) is 0 Å². The third-order valence-electron chi connectivity index (χ3n) is 2.55. The second kappa shape index (κ2) is 3.99. The highest BCUT2D eigenvalue weighted by molar-refractivity contribution is 7.95. The second-order valence-corrected chi connectivity index (χ2v) is 5.43. The van der Waals surface area contributed by atoms with Crippen molar-refractivity contribution < 1.29 is 12.8 Å². The molecule has 0 unspecified atom stereocenters. The highest BCUT2D eigenvalue weighted by atomic mass is 32.2. The van der Waals surface area contributed by atoms with Crippen molar-refractivity contribution in [2.24, 2.45) is 5.73 Å². The summed E-state index contributed by atoms with van der Waals surface area (Å²) in [4.78, 5) is -0.193. The van der Waals surface area contributed by atoms with Crippen LogP contribution in [0.15, 0.2) is 28.5 Å². The number of hydrogen-bond donors (Lipinski definition) is 1. The Labute approximate surface area is 93.7 Å². The zero-order valence-corrected chi connectivity index (χ0v) is 9.43. The molecule has 3 nitrogen and oxygen atoms in total. The van der Waals surface area contributed by atoms with Crippen molar-refractivity contribution in [1.29, 1.82) is 0 Å². The molecule has 0 bridgehead atoms. The first-order valence-corrected chi connectivity index (χ1v) is 6.55. The van der Waals surface area contributed by atoms with E-state index in [9.17, 15) is 12.8 Å².